The van der Waals surface area contributed by atoms with Crippen LogP contribution >= 0.6 is 0 Å². The molecule has 8 nitrogen and oxygen atoms in total. The molecular formula is C20H25N3O5S. The molecule has 0 fully saturated rings. The minimum absolute atomic E-state index is 0.125. The molecule has 1 heterocycles. The normalized spacial score (nSPS) is 12.4. The summed E-state index contributed by atoms with van der Waals surface area (Å²) in [6, 6.07) is 7.61. The van der Waals surface area contributed by atoms with Crippen LogP contribution in [0.5, 0.6) is 0 Å². The van der Waals surface area contributed by atoms with E-state index in [4.69, 9.17) is 4.74 Å². The number of sulfonamides is 1. The fraction of sp³-hybridized carbons (Fsp3) is 0.350. The van der Waals surface area contributed by atoms with Crippen LogP contribution in [-0.4, -0.2) is 48.8 Å². The molecule has 0 unspecified atom stereocenters. The maximum absolute atomic E-state index is 12.8. The SMILES string of the molecule is CCN(CC)S(=O)(=O)c1cc(NC(=O)[C@@H](C)OC(=O)c2ccncc2)ccc1C. The van der Waals surface area contributed by atoms with Gasteiger partial charge in [0.05, 0.1) is 10.5 Å². The van der Waals surface area contributed by atoms with Crippen molar-refractivity contribution in [1.29, 1.82) is 0 Å². The third kappa shape index (κ3) is 5.39. The number of anilines is 1. The van der Waals surface area contributed by atoms with Crippen LogP contribution < -0.4 is 5.32 Å². The molecule has 0 spiro atoms. The van der Waals surface area contributed by atoms with Crippen LogP contribution in [0.2, 0.25) is 0 Å². The first-order chi connectivity index (χ1) is 13.7. The first-order valence-corrected chi connectivity index (χ1v) is 10.7. The van der Waals surface area contributed by atoms with Gasteiger partial charge in [-0.05, 0) is 43.7 Å². The van der Waals surface area contributed by atoms with Crippen LogP contribution in [0.25, 0.3) is 0 Å². The van der Waals surface area contributed by atoms with E-state index < -0.39 is 28.0 Å². The molecule has 1 N–H and O–H groups in total. The molecule has 1 amide bonds. The summed E-state index contributed by atoms with van der Waals surface area (Å²) in [6.45, 7) is 7.35. The number of rotatable bonds is 8. The van der Waals surface area contributed by atoms with Crippen molar-refractivity contribution in [3.05, 3.63) is 53.9 Å². The Morgan fingerprint density at radius 3 is 2.34 bits per heavy atom. The molecule has 1 aromatic carbocycles. The van der Waals surface area contributed by atoms with E-state index in [1.54, 1.807) is 32.9 Å². The smallest absolute Gasteiger partial charge is 0.339 e. The van der Waals surface area contributed by atoms with Gasteiger partial charge in [-0.1, -0.05) is 19.9 Å². The number of aryl methyl sites for hydroxylation is 1. The number of hydrogen-bond acceptors (Lipinski definition) is 6. The molecule has 0 radical (unpaired) electrons. The third-order valence-corrected chi connectivity index (χ3v) is 6.54. The number of nitrogens with one attached hydrogen (secondary N) is 1. The summed E-state index contributed by atoms with van der Waals surface area (Å²) < 4.78 is 32.2. The molecular weight excluding hydrogens is 394 g/mol. The first kappa shape index (κ1) is 22.5. The maximum Gasteiger partial charge on any atom is 0.339 e. The lowest BCUT2D eigenvalue weighted by Gasteiger charge is -2.20. The number of hydrogen-bond donors (Lipinski definition) is 1. The van der Waals surface area contributed by atoms with Gasteiger partial charge in [-0.25, -0.2) is 13.2 Å². The lowest BCUT2D eigenvalue weighted by atomic mass is 10.2. The van der Waals surface area contributed by atoms with Gasteiger partial charge in [-0.2, -0.15) is 4.31 Å². The molecule has 156 valence electrons. The van der Waals surface area contributed by atoms with Crippen molar-refractivity contribution in [1.82, 2.24) is 9.29 Å². The molecule has 2 rings (SSSR count). The van der Waals surface area contributed by atoms with Gasteiger partial charge in [0.25, 0.3) is 5.91 Å². The number of carbonyl (C=O) groups is 2. The number of benzene rings is 1. The predicted molar refractivity (Wildman–Crippen MR) is 109 cm³/mol. The Bertz CT molecular complexity index is 973. The zero-order chi connectivity index (χ0) is 21.6. The van der Waals surface area contributed by atoms with E-state index in [9.17, 15) is 18.0 Å². The first-order valence-electron chi connectivity index (χ1n) is 9.23. The lowest BCUT2D eigenvalue weighted by Crippen LogP contribution is -2.32. The minimum Gasteiger partial charge on any atom is -0.449 e. The second-order valence-corrected chi connectivity index (χ2v) is 8.25. The summed E-state index contributed by atoms with van der Waals surface area (Å²) >= 11 is 0. The largest absolute Gasteiger partial charge is 0.449 e. The van der Waals surface area contributed by atoms with Crippen molar-refractivity contribution in [3.8, 4) is 0 Å². The van der Waals surface area contributed by atoms with Crippen molar-refractivity contribution in [2.45, 2.75) is 38.7 Å². The van der Waals surface area contributed by atoms with E-state index in [2.05, 4.69) is 10.3 Å². The average Bonchev–Trinajstić information content (AvgIpc) is 2.70. The fourth-order valence-corrected chi connectivity index (χ4v) is 4.38. The number of pyridine rings is 1. The third-order valence-electron chi connectivity index (χ3n) is 4.35. The highest BCUT2D eigenvalue weighted by Gasteiger charge is 2.25. The maximum atomic E-state index is 12.8. The minimum atomic E-state index is -3.67. The zero-order valence-corrected chi connectivity index (χ0v) is 17.7. The van der Waals surface area contributed by atoms with Crippen LogP contribution in [-0.2, 0) is 19.6 Å². The lowest BCUT2D eigenvalue weighted by molar-refractivity contribution is -0.123. The number of carbonyl (C=O) groups excluding carboxylic acids is 2. The van der Waals surface area contributed by atoms with Gasteiger partial charge in [0, 0.05) is 31.2 Å². The highest BCUT2D eigenvalue weighted by Crippen LogP contribution is 2.24. The van der Waals surface area contributed by atoms with Gasteiger partial charge in [0.2, 0.25) is 10.0 Å². The zero-order valence-electron chi connectivity index (χ0n) is 16.9. The Labute approximate surface area is 170 Å². The molecule has 1 aromatic heterocycles. The molecule has 29 heavy (non-hydrogen) atoms. The van der Waals surface area contributed by atoms with Crippen molar-refractivity contribution in [2.75, 3.05) is 18.4 Å². The van der Waals surface area contributed by atoms with E-state index in [-0.39, 0.29) is 10.5 Å². The van der Waals surface area contributed by atoms with Crippen molar-refractivity contribution in [3.63, 3.8) is 0 Å². The van der Waals surface area contributed by atoms with E-state index in [0.29, 0.717) is 24.3 Å². The summed E-state index contributed by atoms with van der Waals surface area (Å²) in [5.41, 5.74) is 1.16. The van der Waals surface area contributed by atoms with Crippen LogP contribution in [0.15, 0.2) is 47.6 Å². The Hall–Kier alpha value is -2.78. The molecule has 1 atom stereocenters. The Balaban J connectivity index is 2.15. The van der Waals surface area contributed by atoms with Crippen molar-refractivity contribution >= 4 is 27.6 Å². The predicted octanol–water partition coefficient (Wildman–Crippen LogP) is 2.60. The molecule has 0 aliphatic carbocycles. The Morgan fingerprint density at radius 2 is 1.76 bits per heavy atom. The summed E-state index contributed by atoms with van der Waals surface area (Å²) in [7, 11) is -3.67. The van der Waals surface area contributed by atoms with Gasteiger partial charge in [-0.15, -0.1) is 0 Å². The standard InChI is InChI=1S/C20H25N3O5S/c1-5-23(6-2)29(26,27)18-13-17(8-7-14(18)3)22-19(24)15(4)28-20(25)16-9-11-21-12-10-16/h7-13,15H,5-6H2,1-4H3,(H,22,24)/t15-/m1/s1. The molecule has 0 saturated heterocycles. The van der Waals surface area contributed by atoms with Crippen LogP contribution in [0.3, 0.4) is 0 Å². The summed E-state index contributed by atoms with van der Waals surface area (Å²) in [6.07, 6.45) is 1.83. The molecule has 0 saturated carbocycles. The van der Waals surface area contributed by atoms with Gasteiger partial charge >= 0.3 is 5.97 Å². The quantitative estimate of drug-likeness (QED) is 0.660. The molecule has 0 aliphatic heterocycles. The van der Waals surface area contributed by atoms with E-state index in [0.717, 1.165) is 0 Å². The van der Waals surface area contributed by atoms with E-state index in [1.807, 2.05) is 0 Å². The van der Waals surface area contributed by atoms with Gasteiger partial charge in [0.1, 0.15) is 0 Å². The number of ether oxygens (including phenoxy) is 1. The second-order valence-electron chi connectivity index (χ2n) is 6.34. The molecule has 9 heteroatoms. The highest BCUT2D eigenvalue weighted by molar-refractivity contribution is 7.89. The van der Waals surface area contributed by atoms with E-state index >= 15 is 0 Å². The van der Waals surface area contributed by atoms with Crippen LogP contribution in [0.1, 0.15) is 36.7 Å². The number of amides is 1. The van der Waals surface area contributed by atoms with Crippen molar-refractivity contribution < 1.29 is 22.7 Å². The Morgan fingerprint density at radius 1 is 1.14 bits per heavy atom. The fourth-order valence-electron chi connectivity index (χ4n) is 2.67. The van der Waals surface area contributed by atoms with Gasteiger partial charge in [0.15, 0.2) is 6.10 Å². The summed E-state index contributed by atoms with van der Waals surface area (Å²) in [4.78, 5) is 28.4. The topological polar surface area (TPSA) is 106 Å². The van der Waals surface area contributed by atoms with Gasteiger partial charge in [-0.3, -0.25) is 9.78 Å². The summed E-state index contributed by atoms with van der Waals surface area (Å²) in [5, 5.41) is 2.60. The second kappa shape index (κ2) is 9.62. The average molecular weight is 420 g/mol. The highest BCUT2D eigenvalue weighted by atomic mass is 32.2. The Kier molecular flexibility index (Phi) is 7.46. The molecule has 0 aliphatic rings. The van der Waals surface area contributed by atoms with E-state index in [1.165, 1.54) is 41.8 Å². The monoisotopic (exact) mass is 419 g/mol. The van der Waals surface area contributed by atoms with Crippen LogP contribution in [0, 0.1) is 6.92 Å². The van der Waals surface area contributed by atoms with Crippen LogP contribution in [0.4, 0.5) is 5.69 Å². The van der Waals surface area contributed by atoms with Crippen molar-refractivity contribution in [2.24, 2.45) is 0 Å². The number of nitrogens with zero attached hydrogens (tertiary/aromatic N) is 2. The number of esters is 1. The van der Waals surface area contributed by atoms with Gasteiger partial charge < -0.3 is 10.1 Å². The molecule has 0 bridgehead atoms. The molecule has 2 aromatic rings. The number of aromatic nitrogens is 1. The summed E-state index contributed by atoms with van der Waals surface area (Å²) in [5.74, 6) is -1.22.